The van der Waals surface area contributed by atoms with Crippen molar-refractivity contribution in [1.29, 1.82) is 0 Å². The van der Waals surface area contributed by atoms with Crippen LogP contribution < -0.4 is 9.57 Å². The molecule has 0 aliphatic rings. The summed E-state index contributed by atoms with van der Waals surface area (Å²) in [5, 5.41) is 10.2. The van der Waals surface area contributed by atoms with Crippen LogP contribution in [0.4, 0.5) is 0 Å². The highest BCUT2D eigenvalue weighted by molar-refractivity contribution is 7.16. The summed E-state index contributed by atoms with van der Waals surface area (Å²) in [5.41, 5.74) is 3.10. The van der Waals surface area contributed by atoms with Crippen LogP contribution in [-0.4, -0.2) is 18.1 Å². The Morgan fingerprint density at radius 1 is 1.10 bits per heavy atom. The Bertz CT molecular complexity index is 571. The smallest absolute Gasteiger partial charge is 0.270 e. The van der Waals surface area contributed by atoms with Crippen molar-refractivity contribution in [2.75, 3.05) is 13.2 Å². The molecule has 5 nitrogen and oxygen atoms in total. The van der Waals surface area contributed by atoms with E-state index in [1.807, 2.05) is 22.4 Å². The molecule has 21 heavy (non-hydrogen) atoms. The Kier molecular flexibility index (Phi) is 6.40. The summed E-state index contributed by atoms with van der Waals surface area (Å²) in [5.74, 6) is 0. The predicted molar refractivity (Wildman–Crippen MR) is 83.0 cm³/mol. The zero-order valence-corrected chi connectivity index (χ0v) is 12.9. The van der Waals surface area contributed by atoms with E-state index in [2.05, 4.69) is 12.1 Å². The van der Waals surface area contributed by atoms with Gasteiger partial charge < -0.3 is 0 Å². The molecule has 0 bridgehead atoms. The molecule has 1 aromatic heterocycles. The normalized spacial score (nSPS) is 10.9. The predicted octanol–water partition coefficient (Wildman–Crippen LogP) is 3.23. The first kappa shape index (κ1) is 15.7. The molecule has 0 radical (unpaired) electrons. The van der Waals surface area contributed by atoms with Crippen LogP contribution in [-0.2, 0) is 0 Å². The number of hydrogen-bond acceptors (Lipinski definition) is 4. The van der Waals surface area contributed by atoms with Crippen molar-refractivity contribution in [3.8, 4) is 0 Å². The van der Waals surface area contributed by atoms with Gasteiger partial charge in [0.1, 0.15) is 4.70 Å². The van der Waals surface area contributed by atoms with Crippen molar-refractivity contribution in [2.24, 2.45) is 0 Å². The van der Waals surface area contributed by atoms with Gasteiger partial charge >= 0.3 is 0 Å². The molecule has 0 unspecified atom stereocenters. The highest BCUT2D eigenvalue weighted by Gasteiger charge is 2.12. The maximum atomic E-state index is 10.2. The molecule has 114 valence electrons. The Balaban J connectivity index is 1.55. The minimum absolute atomic E-state index is 0.102. The summed E-state index contributed by atoms with van der Waals surface area (Å²) in [4.78, 5) is 15.7. The van der Waals surface area contributed by atoms with Crippen molar-refractivity contribution >= 4 is 21.6 Å². The van der Waals surface area contributed by atoms with Gasteiger partial charge in [-0.05, 0) is 25.3 Å². The van der Waals surface area contributed by atoms with Crippen LogP contribution in [0.3, 0.4) is 0 Å². The number of unbranched alkanes of at least 4 members (excludes halogenated alkanes) is 5. The molecule has 1 aromatic carbocycles. The van der Waals surface area contributed by atoms with Crippen molar-refractivity contribution in [3.63, 3.8) is 0 Å². The molecule has 1 heterocycles. The van der Waals surface area contributed by atoms with Gasteiger partial charge in [-0.1, -0.05) is 36.3 Å². The van der Waals surface area contributed by atoms with E-state index in [0.717, 1.165) is 37.6 Å². The molecule has 2 rings (SSSR count). The minimum atomic E-state index is -0.240. The Morgan fingerprint density at radius 3 is 2.62 bits per heavy atom. The highest BCUT2D eigenvalue weighted by Crippen LogP contribution is 2.14. The topological polar surface area (TPSA) is 56.3 Å². The molecule has 0 fully saturated rings. The standard InChI is InChI=1S/C15H21N2O3S/c18-17(19)11-7-3-1-2-4-8-12-20-16-13-21-15-10-6-5-9-14(15)16/h5-6,9-10,13H,1-4,7-8,11-12H2/q+1. The van der Waals surface area contributed by atoms with Crippen LogP contribution in [0.2, 0.25) is 0 Å². The lowest BCUT2D eigenvalue weighted by atomic mass is 10.1. The molecule has 0 aliphatic heterocycles. The first-order valence-corrected chi connectivity index (χ1v) is 8.28. The summed E-state index contributed by atoms with van der Waals surface area (Å²) in [6.45, 7) is 0.811. The fraction of sp³-hybridized carbons (Fsp3) is 0.533. The summed E-state index contributed by atoms with van der Waals surface area (Å²) in [6.07, 6.45) is 5.97. The molecular formula is C15H21N2O3S+. The van der Waals surface area contributed by atoms with Crippen LogP contribution in [0.5, 0.6) is 0 Å². The van der Waals surface area contributed by atoms with Crippen molar-refractivity contribution in [3.05, 3.63) is 39.9 Å². The largest absolute Gasteiger partial charge is 0.278 e. The zero-order valence-electron chi connectivity index (χ0n) is 12.1. The van der Waals surface area contributed by atoms with Gasteiger partial charge in [-0.25, -0.2) is 0 Å². The van der Waals surface area contributed by atoms with Gasteiger partial charge in [0.2, 0.25) is 6.54 Å². The maximum Gasteiger partial charge on any atom is 0.278 e. The Labute approximate surface area is 128 Å². The molecule has 0 saturated carbocycles. The zero-order chi connectivity index (χ0) is 14.9. The molecular weight excluding hydrogens is 288 g/mol. The van der Waals surface area contributed by atoms with Crippen LogP contribution in [0.1, 0.15) is 38.5 Å². The first-order chi connectivity index (χ1) is 10.3. The average molecular weight is 309 g/mol. The van der Waals surface area contributed by atoms with E-state index in [0.29, 0.717) is 13.0 Å². The Hall–Kier alpha value is -1.69. The number of nitrogens with zero attached hydrogens (tertiary/aromatic N) is 2. The van der Waals surface area contributed by atoms with Crippen LogP contribution in [0, 0.1) is 10.1 Å². The van der Waals surface area contributed by atoms with Gasteiger partial charge in [0, 0.05) is 22.1 Å². The quantitative estimate of drug-likeness (QED) is 0.293. The number of fused-ring (bicyclic) bond motifs is 1. The van der Waals surface area contributed by atoms with E-state index in [9.17, 15) is 10.1 Å². The van der Waals surface area contributed by atoms with E-state index in [-0.39, 0.29) is 11.5 Å². The molecule has 0 aliphatic carbocycles. The third kappa shape index (κ3) is 5.30. The summed E-state index contributed by atoms with van der Waals surface area (Å²) in [7, 11) is 0. The number of thiazole rings is 1. The van der Waals surface area contributed by atoms with Gasteiger partial charge in [-0.2, -0.15) is 0 Å². The van der Waals surface area contributed by atoms with Gasteiger partial charge in [-0.3, -0.25) is 15.0 Å². The Morgan fingerprint density at radius 2 is 1.81 bits per heavy atom. The van der Waals surface area contributed by atoms with E-state index in [1.165, 1.54) is 4.70 Å². The van der Waals surface area contributed by atoms with Gasteiger partial charge in [-0.15, -0.1) is 0 Å². The average Bonchev–Trinajstić information content (AvgIpc) is 2.88. The number of benzene rings is 1. The third-order valence-electron chi connectivity index (χ3n) is 3.34. The van der Waals surface area contributed by atoms with E-state index >= 15 is 0 Å². The summed E-state index contributed by atoms with van der Waals surface area (Å²) < 4.78 is 3.07. The molecule has 0 spiro atoms. The van der Waals surface area contributed by atoms with E-state index in [1.54, 1.807) is 11.3 Å². The molecule has 2 aromatic rings. The minimum Gasteiger partial charge on any atom is -0.270 e. The number of aromatic nitrogens is 1. The SMILES string of the molecule is O=[N+]([O-])CCCCCCCCO[n+]1csc2ccccc21. The lowest BCUT2D eigenvalue weighted by molar-refractivity contribution is -0.868. The second-order valence-corrected chi connectivity index (χ2v) is 5.91. The van der Waals surface area contributed by atoms with Crippen molar-refractivity contribution in [2.45, 2.75) is 38.5 Å². The highest BCUT2D eigenvalue weighted by atomic mass is 32.1. The van der Waals surface area contributed by atoms with Crippen molar-refractivity contribution in [1.82, 2.24) is 0 Å². The molecule has 0 saturated heterocycles. The maximum absolute atomic E-state index is 10.2. The van der Waals surface area contributed by atoms with Crippen molar-refractivity contribution < 1.29 is 14.5 Å². The van der Waals surface area contributed by atoms with E-state index < -0.39 is 0 Å². The van der Waals surface area contributed by atoms with Gasteiger partial charge in [0.05, 0.1) is 0 Å². The fourth-order valence-electron chi connectivity index (χ4n) is 2.21. The lowest BCUT2D eigenvalue weighted by Crippen LogP contribution is -2.41. The second-order valence-electron chi connectivity index (χ2n) is 5.03. The van der Waals surface area contributed by atoms with Crippen LogP contribution >= 0.6 is 11.3 Å². The van der Waals surface area contributed by atoms with Gasteiger partial charge in [0.15, 0.2) is 6.61 Å². The van der Waals surface area contributed by atoms with Crippen LogP contribution in [0.15, 0.2) is 29.8 Å². The number of nitro groups is 1. The summed E-state index contributed by atoms with van der Waals surface area (Å²) >= 11 is 1.68. The van der Waals surface area contributed by atoms with Crippen LogP contribution in [0.25, 0.3) is 10.2 Å². The monoisotopic (exact) mass is 309 g/mol. The van der Waals surface area contributed by atoms with E-state index in [4.69, 9.17) is 4.84 Å². The number of para-hydroxylation sites is 1. The third-order valence-corrected chi connectivity index (χ3v) is 4.24. The first-order valence-electron chi connectivity index (χ1n) is 7.40. The number of hydrogen-bond donors (Lipinski definition) is 0. The van der Waals surface area contributed by atoms with Gasteiger partial charge in [0.25, 0.3) is 11.0 Å². The molecule has 6 heteroatoms. The number of rotatable bonds is 10. The molecule has 0 amide bonds. The fourth-order valence-corrected chi connectivity index (χ4v) is 3.03. The second kappa shape index (κ2) is 8.56. The molecule has 0 N–H and O–H groups in total. The lowest BCUT2D eigenvalue weighted by Gasteiger charge is -1.99. The summed E-state index contributed by atoms with van der Waals surface area (Å²) in [6, 6.07) is 8.19. The molecule has 0 atom stereocenters.